The third kappa shape index (κ3) is 3.20. The number of carbonyl (C=O) groups is 1. The number of hydrogen-bond donors (Lipinski definition) is 0. The standard InChI is InChI=1S/C11H16N2O3/c1-8(2)16-10-7-9(5-6-12-10)11(14)13(3)15-4/h5-8H,1-4H3. The predicted molar refractivity (Wildman–Crippen MR) is 59.1 cm³/mol. The van der Waals surface area contributed by atoms with Gasteiger partial charge in [0.05, 0.1) is 13.2 Å². The molecule has 1 rings (SSSR count). The first-order chi connectivity index (χ1) is 7.54. The van der Waals surface area contributed by atoms with Gasteiger partial charge in [0, 0.05) is 24.9 Å². The van der Waals surface area contributed by atoms with Crippen molar-refractivity contribution in [2.24, 2.45) is 0 Å². The molecule has 1 aromatic heterocycles. The Morgan fingerprint density at radius 1 is 1.50 bits per heavy atom. The van der Waals surface area contributed by atoms with E-state index in [0.29, 0.717) is 11.4 Å². The maximum Gasteiger partial charge on any atom is 0.277 e. The van der Waals surface area contributed by atoms with Crippen LogP contribution in [0.15, 0.2) is 18.3 Å². The summed E-state index contributed by atoms with van der Waals surface area (Å²) in [5.74, 6) is 0.198. The molecule has 5 heteroatoms. The Bertz CT molecular complexity index is 366. The molecule has 1 aromatic rings. The molecule has 0 saturated heterocycles. The molecule has 0 unspecified atom stereocenters. The van der Waals surface area contributed by atoms with E-state index in [9.17, 15) is 4.79 Å². The van der Waals surface area contributed by atoms with E-state index < -0.39 is 0 Å². The summed E-state index contributed by atoms with van der Waals surface area (Å²) >= 11 is 0. The lowest BCUT2D eigenvalue weighted by molar-refractivity contribution is -0.0757. The maximum absolute atomic E-state index is 11.7. The Hall–Kier alpha value is -1.62. The third-order valence-electron chi connectivity index (χ3n) is 1.90. The van der Waals surface area contributed by atoms with Crippen LogP contribution in [-0.2, 0) is 4.84 Å². The molecule has 0 N–H and O–H groups in total. The molecule has 0 aliphatic carbocycles. The minimum absolute atomic E-state index is 0.0259. The van der Waals surface area contributed by atoms with Gasteiger partial charge in [-0.2, -0.15) is 0 Å². The highest BCUT2D eigenvalue weighted by atomic mass is 16.7. The van der Waals surface area contributed by atoms with Crippen LogP contribution in [0.5, 0.6) is 5.88 Å². The van der Waals surface area contributed by atoms with Gasteiger partial charge in [0.2, 0.25) is 5.88 Å². The fourth-order valence-corrected chi connectivity index (χ4v) is 1.11. The van der Waals surface area contributed by atoms with Crippen LogP contribution in [0.25, 0.3) is 0 Å². The van der Waals surface area contributed by atoms with E-state index in [1.54, 1.807) is 19.2 Å². The van der Waals surface area contributed by atoms with Crippen LogP contribution in [0, 0.1) is 0 Å². The number of rotatable bonds is 4. The number of carbonyl (C=O) groups excluding carboxylic acids is 1. The number of pyridine rings is 1. The van der Waals surface area contributed by atoms with Crippen LogP contribution < -0.4 is 4.74 Å². The monoisotopic (exact) mass is 224 g/mol. The van der Waals surface area contributed by atoms with E-state index >= 15 is 0 Å². The van der Waals surface area contributed by atoms with Crippen molar-refractivity contribution in [3.63, 3.8) is 0 Å². The van der Waals surface area contributed by atoms with Crippen LogP contribution in [-0.4, -0.2) is 36.2 Å². The summed E-state index contributed by atoms with van der Waals surface area (Å²) < 4.78 is 5.40. The first-order valence-corrected chi connectivity index (χ1v) is 4.99. The van der Waals surface area contributed by atoms with Crippen molar-refractivity contribution in [2.45, 2.75) is 20.0 Å². The summed E-state index contributed by atoms with van der Waals surface area (Å²) in [5.41, 5.74) is 0.481. The summed E-state index contributed by atoms with van der Waals surface area (Å²) in [5, 5.41) is 1.15. The topological polar surface area (TPSA) is 51.7 Å². The Balaban J connectivity index is 2.85. The average molecular weight is 224 g/mol. The molecule has 1 heterocycles. The van der Waals surface area contributed by atoms with Crippen molar-refractivity contribution in [2.75, 3.05) is 14.2 Å². The van der Waals surface area contributed by atoms with E-state index in [0.717, 1.165) is 5.06 Å². The zero-order chi connectivity index (χ0) is 12.1. The highest BCUT2D eigenvalue weighted by Crippen LogP contribution is 2.12. The van der Waals surface area contributed by atoms with Gasteiger partial charge >= 0.3 is 0 Å². The summed E-state index contributed by atoms with van der Waals surface area (Å²) in [6.45, 7) is 3.80. The third-order valence-corrected chi connectivity index (χ3v) is 1.90. The number of amides is 1. The number of aromatic nitrogens is 1. The minimum Gasteiger partial charge on any atom is -0.475 e. The van der Waals surface area contributed by atoms with Crippen LogP contribution in [0.4, 0.5) is 0 Å². The second kappa shape index (κ2) is 5.46. The smallest absolute Gasteiger partial charge is 0.277 e. The molecule has 0 atom stereocenters. The molecule has 0 saturated carbocycles. The molecule has 0 aromatic carbocycles. The first kappa shape index (κ1) is 12.4. The van der Waals surface area contributed by atoms with E-state index in [4.69, 9.17) is 9.57 Å². The van der Waals surface area contributed by atoms with Gasteiger partial charge in [-0.1, -0.05) is 0 Å². The Morgan fingerprint density at radius 2 is 2.19 bits per heavy atom. The number of ether oxygens (including phenoxy) is 1. The van der Waals surface area contributed by atoms with Crippen molar-refractivity contribution in [1.29, 1.82) is 0 Å². The molecule has 0 spiro atoms. The Kier molecular flexibility index (Phi) is 4.25. The van der Waals surface area contributed by atoms with Gasteiger partial charge in [-0.25, -0.2) is 10.0 Å². The zero-order valence-corrected chi connectivity index (χ0v) is 9.93. The van der Waals surface area contributed by atoms with Gasteiger partial charge in [-0.15, -0.1) is 0 Å². The molecule has 0 aliphatic heterocycles. The van der Waals surface area contributed by atoms with Crippen molar-refractivity contribution >= 4 is 5.91 Å². The zero-order valence-electron chi connectivity index (χ0n) is 9.93. The van der Waals surface area contributed by atoms with Gasteiger partial charge in [0.1, 0.15) is 0 Å². The maximum atomic E-state index is 11.7. The lowest BCUT2D eigenvalue weighted by Gasteiger charge is -2.14. The molecular weight excluding hydrogens is 208 g/mol. The van der Waals surface area contributed by atoms with Crippen molar-refractivity contribution < 1.29 is 14.4 Å². The highest BCUT2D eigenvalue weighted by molar-refractivity contribution is 5.93. The molecule has 0 radical (unpaired) electrons. The second-order valence-electron chi connectivity index (χ2n) is 3.53. The van der Waals surface area contributed by atoms with Crippen LogP contribution in [0.1, 0.15) is 24.2 Å². The van der Waals surface area contributed by atoms with Gasteiger partial charge in [-0.05, 0) is 19.9 Å². The summed E-state index contributed by atoms with van der Waals surface area (Å²) in [4.78, 5) is 20.6. The van der Waals surface area contributed by atoms with E-state index in [-0.39, 0.29) is 12.0 Å². The normalized spacial score (nSPS) is 10.3. The fourth-order valence-electron chi connectivity index (χ4n) is 1.11. The summed E-state index contributed by atoms with van der Waals surface area (Å²) in [7, 11) is 2.98. The highest BCUT2D eigenvalue weighted by Gasteiger charge is 2.12. The van der Waals surface area contributed by atoms with E-state index in [2.05, 4.69) is 4.98 Å². The first-order valence-electron chi connectivity index (χ1n) is 4.99. The predicted octanol–water partition coefficient (Wildman–Crippen LogP) is 1.50. The lowest BCUT2D eigenvalue weighted by Crippen LogP contribution is -2.25. The van der Waals surface area contributed by atoms with Crippen LogP contribution in [0.2, 0.25) is 0 Å². The molecule has 5 nitrogen and oxygen atoms in total. The van der Waals surface area contributed by atoms with Crippen LogP contribution in [0.3, 0.4) is 0 Å². The molecule has 88 valence electrons. The van der Waals surface area contributed by atoms with E-state index in [1.165, 1.54) is 13.3 Å². The number of nitrogens with zero attached hydrogens (tertiary/aromatic N) is 2. The molecule has 0 bridgehead atoms. The largest absolute Gasteiger partial charge is 0.475 e. The Morgan fingerprint density at radius 3 is 2.75 bits per heavy atom. The molecule has 16 heavy (non-hydrogen) atoms. The van der Waals surface area contributed by atoms with Gasteiger partial charge in [0.25, 0.3) is 5.91 Å². The van der Waals surface area contributed by atoms with Crippen molar-refractivity contribution in [3.05, 3.63) is 23.9 Å². The van der Waals surface area contributed by atoms with Gasteiger partial charge in [-0.3, -0.25) is 9.63 Å². The number of hydrogen-bond acceptors (Lipinski definition) is 4. The van der Waals surface area contributed by atoms with Gasteiger partial charge < -0.3 is 4.74 Å². The molecular formula is C11H16N2O3. The SMILES string of the molecule is CON(C)C(=O)c1ccnc(OC(C)C)c1. The average Bonchev–Trinajstić information content (AvgIpc) is 2.26. The van der Waals surface area contributed by atoms with Crippen molar-refractivity contribution in [3.8, 4) is 5.88 Å². The van der Waals surface area contributed by atoms with E-state index in [1.807, 2.05) is 13.8 Å². The number of hydroxylamine groups is 2. The van der Waals surface area contributed by atoms with Crippen LogP contribution >= 0.6 is 0 Å². The molecule has 0 aliphatic rings. The summed E-state index contributed by atoms with van der Waals surface area (Å²) in [6.07, 6.45) is 1.56. The summed E-state index contributed by atoms with van der Waals surface area (Å²) in [6, 6.07) is 3.21. The van der Waals surface area contributed by atoms with Gasteiger partial charge in [0.15, 0.2) is 0 Å². The van der Waals surface area contributed by atoms with Crippen molar-refractivity contribution in [1.82, 2.24) is 10.0 Å². The molecule has 1 amide bonds. The molecule has 0 fully saturated rings. The lowest BCUT2D eigenvalue weighted by atomic mass is 10.2. The fraction of sp³-hybridized carbons (Fsp3) is 0.455. The minimum atomic E-state index is -0.237. The Labute approximate surface area is 94.9 Å². The quantitative estimate of drug-likeness (QED) is 0.727. The second-order valence-corrected chi connectivity index (χ2v) is 3.53.